The third kappa shape index (κ3) is 2.87. The summed E-state index contributed by atoms with van der Waals surface area (Å²) in [6, 6.07) is 2.86. The maximum Gasteiger partial charge on any atom is 0.110 e. The van der Waals surface area contributed by atoms with Crippen molar-refractivity contribution in [1.82, 2.24) is 10.3 Å². The molecule has 5 heteroatoms. The SMILES string of the molecule is Cc1csc(C(C)NC2CCCc3sc(Cl)cc32)n1. The van der Waals surface area contributed by atoms with E-state index in [1.807, 2.05) is 6.92 Å². The fraction of sp³-hybridized carbons (Fsp3) is 0.500. The van der Waals surface area contributed by atoms with Crippen LogP contribution in [0.1, 0.15) is 53.0 Å². The number of fused-ring (bicyclic) bond motifs is 1. The lowest BCUT2D eigenvalue weighted by Gasteiger charge is -2.26. The van der Waals surface area contributed by atoms with Crippen LogP contribution in [0.5, 0.6) is 0 Å². The van der Waals surface area contributed by atoms with Gasteiger partial charge in [0.25, 0.3) is 0 Å². The van der Waals surface area contributed by atoms with E-state index >= 15 is 0 Å². The number of nitrogens with zero attached hydrogens (tertiary/aromatic N) is 1. The average molecular weight is 313 g/mol. The van der Waals surface area contributed by atoms with Gasteiger partial charge in [-0.2, -0.15) is 0 Å². The molecule has 19 heavy (non-hydrogen) atoms. The predicted octanol–water partition coefficient (Wildman–Crippen LogP) is 4.89. The van der Waals surface area contributed by atoms with Gasteiger partial charge >= 0.3 is 0 Å². The maximum atomic E-state index is 6.15. The third-order valence-electron chi connectivity index (χ3n) is 3.54. The molecule has 3 rings (SSSR count). The summed E-state index contributed by atoms with van der Waals surface area (Å²) >= 11 is 9.62. The Bertz CT molecular complexity index is 576. The van der Waals surface area contributed by atoms with Crippen molar-refractivity contribution in [1.29, 1.82) is 0 Å². The zero-order valence-corrected chi connectivity index (χ0v) is 13.5. The molecule has 1 aliphatic rings. The minimum absolute atomic E-state index is 0.299. The van der Waals surface area contributed by atoms with E-state index in [4.69, 9.17) is 11.6 Å². The zero-order chi connectivity index (χ0) is 13.4. The van der Waals surface area contributed by atoms with Gasteiger partial charge < -0.3 is 5.32 Å². The monoisotopic (exact) mass is 312 g/mol. The van der Waals surface area contributed by atoms with Gasteiger partial charge in [-0.15, -0.1) is 22.7 Å². The van der Waals surface area contributed by atoms with Crippen LogP contribution in [0.2, 0.25) is 4.34 Å². The fourth-order valence-electron chi connectivity index (χ4n) is 2.64. The van der Waals surface area contributed by atoms with E-state index < -0.39 is 0 Å². The molecule has 2 aromatic heterocycles. The summed E-state index contributed by atoms with van der Waals surface area (Å²) in [5.41, 5.74) is 2.51. The number of hydrogen-bond donors (Lipinski definition) is 1. The van der Waals surface area contributed by atoms with E-state index in [1.165, 1.54) is 34.7 Å². The Hall–Kier alpha value is -0.420. The van der Waals surface area contributed by atoms with Gasteiger partial charge in [0.05, 0.1) is 10.4 Å². The molecular weight excluding hydrogens is 296 g/mol. The summed E-state index contributed by atoms with van der Waals surface area (Å²) in [6.45, 7) is 4.24. The van der Waals surface area contributed by atoms with Crippen molar-refractivity contribution in [3.05, 3.63) is 36.9 Å². The highest BCUT2D eigenvalue weighted by Gasteiger charge is 2.24. The first-order valence-corrected chi connectivity index (χ1v) is 8.67. The number of aryl methyl sites for hydroxylation is 2. The van der Waals surface area contributed by atoms with E-state index in [9.17, 15) is 0 Å². The quantitative estimate of drug-likeness (QED) is 0.872. The number of halogens is 1. The molecule has 1 aliphatic carbocycles. The minimum Gasteiger partial charge on any atom is -0.301 e. The molecule has 2 nitrogen and oxygen atoms in total. The number of aromatic nitrogens is 1. The lowest BCUT2D eigenvalue weighted by molar-refractivity contribution is 0.417. The van der Waals surface area contributed by atoms with E-state index in [0.717, 1.165) is 10.0 Å². The van der Waals surface area contributed by atoms with Crippen LogP contribution >= 0.6 is 34.3 Å². The average Bonchev–Trinajstić information content (AvgIpc) is 2.95. The number of nitrogens with one attached hydrogen (secondary N) is 1. The molecule has 102 valence electrons. The molecule has 0 aliphatic heterocycles. The van der Waals surface area contributed by atoms with Crippen LogP contribution in [-0.4, -0.2) is 4.98 Å². The lowest BCUT2D eigenvalue weighted by Crippen LogP contribution is -2.27. The topological polar surface area (TPSA) is 24.9 Å². The van der Waals surface area contributed by atoms with Gasteiger partial charge in [0, 0.05) is 22.0 Å². The molecule has 2 unspecified atom stereocenters. The summed E-state index contributed by atoms with van der Waals surface area (Å²) in [5, 5.41) is 7.00. The van der Waals surface area contributed by atoms with Gasteiger partial charge in [0.1, 0.15) is 5.01 Å². The lowest BCUT2D eigenvalue weighted by atomic mass is 9.93. The predicted molar refractivity (Wildman–Crippen MR) is 83.4 cm³/mol. The van der Waals surface area contributed by atoms with Gasteiger partial charge in [-0.1, -0.05) is 11.6 Å². The second kappa shape index (κ2) is 5.52. The first-order valence-electron chi connectivity index (χ1n) is 6.59. The van der Waals surface area contributed by atoms with Crippen LogP contribution in [-0.2, 0) is 6.42 Å². The van der Waals surface area contributed by atoms with E-state index in [1.54, 1.807) is 22.7 Å². The first-order chi connectivity index (χ1) is 9.13. The van der Waals surface area contributed by atoms with Crippen LogP contribution in [0.3, 0.4) is 0 Å². The molecule has 0 fully saturated rings. The highest BCUT2D eigenvalue weighted by Crippen LogP contribution is 2.38. The van der Waals surface area contributed by atoms with E-state index in [-0.39, 0.29) is 0 Å². The Morgan fingerprint density at radius 1 is 1.53 bits per heavy atom. The Morgan fingerprint density at radius 2 is 2.37 bits per heavy atom. The summed E-state index contributed by atoms with van der Waals surface area (Å²) in [4.78, 5) is 6.02. The Morgan fingerprint density at radius 3 is 3.11 bits per heavy atom. The van der Waals surface area contributed by atoms with Crippen LogP contribution in [0.25, 0.3) is 0 Å². The second-order valence-electron chi connectivity index (χ2n) is 5.09. The Labute approximate surface area is 126 Å². The Balaban J connectivity index is 1.77. The molecule has 0 aromatic carbocycles. The van der Waals surface area contributed by atoms with Gasteiger partial charge in [-0.25, -0.2) is 4.98 Å². The molecule has 2 aromatic rings. The molecule has 2 atom stereocenters. The van der Waals surface area contributed by atoms with Crippen molar-refractivity contribution in [3.63, 3.8) is 0 Å². The molecule has 1 N–H and O–H groups in total. The standard InChI is InChI=1S/C14H17ClN2S2/c1-8-7-18-14(16-8)9(2)17-11-4-3-5-12-10(11)6-13(15)19-12/h6-7,9,11,17H,3-5H2,1-2H3. The van der Waals surface area contributed by atoms with Crippen molar-refractivity contribution in [2.75, 3.05) is 0 Å². The van der Waals surface area contributed by atoms with Crippen LogP contribution in [0.15, 0.2) is 11.4 Å². The summed E-state index contributed by atoms with van der Waals surface area (Å²) < 4.78 is 0.913. The summed E-state index contributed by atoms with van der Waals surface area (Å²) in [7, 11) is 0. The maximum absolute atomic E-state index is 6.15. The summed E-state index contributed by atoms with van der Waals surface area (Å²) in [5.74, 6) is 0. The van der Waals surface area contributed by atoms with E-state index in [2.05, 4.69) is 28.7 Å². The molecule has 0 saturated carbocycles. The van der Waals surface area contributed by atoms with Crippen molar-refractivity contribution >= 4 is 34.3 Å². The zero-order valence-electron chi connectivity index (χ0n) is 11.1. The molecule has 0 radical (unpaired) electrons. The molecule has 2 heterocycles. The smallest absolute Gasteiger partial charge is 0.110 e. The minimum atomic E-state index is 0.299. The second-order valence-corrected chi connectivity index (χ2v) is 7.75. The van der Waals surface area contributed by atoms with Gasteiger partial charge in [-0.05, 0) is 44.7 Å². The third-order valence-corrected chi connectivity index (χ3v) is 6.03. The van der Waals surface area contributed by atoms with Crippen molar-refractivity contribution in [2.45, 2.75) is 45.2 Å². The first kappa shape index (κ1) is 13.6. The molecule has 0 saturated heterocycles. The van der Waals surface area contributed by atoms with Crippen molar-refractivity contribution in [3.8, 4) is 0 Å². The highest BCUT2D eigenvalue weighted by atomic mass is 35.5. The normalized spacial score (nSPS) is 20.3. The summed E-state index contributed by atoms with van der Waals surface area (Å²) in [6.07, 6.45) is 3.61. The van der Waals surface area contributed by atoms with E-state index in [0.29, 0.717) is 12.1 Å². The molecule has 0 spiro atoms. The van der Waals surface area contributed by atoms with Crippen LogP contribution < -0.4 is 5.32 Å². The van der Waals surface area contributed by atoms with Gasteiger partial charge in [-0.3, -0.25) is 0 Å². The Kier molecular flexibility index (Phi) is 3.94. The number of hydrogen-bond acceptors (Lipinski definition) is 4. The van der Waals surface area contributed by atoms with Crippen molar-refractivity contribution in [2.24, 2.45) is 0 Å². The molecular formula is C14H17ClN2S2. The van der Waals surface area contributed by atoms with Crippen molar-refractivity contribution < 1.29 is 0 Å². The number of thiophene rings is 1. The van der Waals surface area contributed by atoms with Gasteiger partial charge in [0.15, 0.2) is 0 Å². The number of thiazole rings is 1. The largest absolute Gasteiger partial charge is 0.301 e. The molecule has 0 bridgehead atoms. The molecule has 0 amide bonds. The van der Waals surface area contributed by atoms with Crippen LogP contribution in [0.4, 0.5) is 0 Å². The highest BCUT2D eigenvalue weighted by molar-refractivity contribution is 7.16. The van der Waals surface area contributed by atoms with Crippen LogP contribution in [0, 0.1) is 6.92 Å². The van der Waals surface area contributed by atoms with Gasteiger partial charge in [0.2, 0.25) is 0 Å². The fourth-order valence-corrected chi connectivity index (χ4v) is 4.84. The number of rotatable bonds is 3.